The van der Waals surface area contributed by atoms with Crippen molar-refractivity contribution >= 4 is 29.3 Å². The number of rotatable bonds is 6. The lowest BCUT2D eigenvalue weighted by Crippen LogP contribution is -2.46. The van der Waals surface area contributed by atoms with Crippen molar-refractivity contribution in [3.05, 3.63) is 29.3 Å². The Bertz CT molecular complexity index is 745. The standard InChI is InChI=1S/C18H24ClN5OS/c1-13(2)23(15-8-4-3-5-9-15)17(25)12-26-18-20-21-22-24(18)16-10-6-7-14(19)11-16/h6-7,10-11,13,15H,3-5,8-9,12H2,1-2H3. The number of aromatic nitrogens is 4. The van der Waals surface area contributed by atoms with E-state index in [0.29, 0.717) is 22.0 Å². The highest BCUT2D eigenvalue weighted by Gasteiger charge is 2.27. The van der Waals surface area contributed by atoms with E-state index in [0.717, 1.165) is 18.5 Å². The van der Waals surface area contributed by atoms with Crippen LogP contribution in [0.25, 0.3) is 5.69 Å². The highest BCUT2D eigenvalue weighted by Crippen LogP contribution is 2.26. The molecule has 0 radical (unpaired) electrons. The summed E-state index contributed by atoms with van der Waals surface area (Å²) < 4.78 is 1.62. The average molecular weight is 394 g/mol. The third-order valence-electron chi connectivity index (χ3n) is 4.63. The minimum absolute atomic E-state index is 0.151. The van der Waals surface area contributed by atoms with Gasteiger partial charge in [0.2, 0.25) is 11.1 Å². The molecule has 6 nitrogen and oxygen atoms in total. The van der Waals surface area contributed by atoms with Crippen LogP contribution in [0.1, 0.15) is 46.0 Å². The first-order valence-electron chi connectivity index (χ1n) is 9.04. The van der Waals surface area contributed by atoms with Gasteiger partial charge in [0, 0.05) is 17.1 Å². The summed E-state index contributed by atoms with van der Waals surface area (Å²) in [7, 11) is 0. The number of carbonyl (C=O) groups excluding carboxylic acids is 1. The smallest absolute Gasteiger partial charge is 0.233 e. The van der Waals surface area contributed by atoms with Crippen LogP contribution < -0.4 is 0 Å². The zero-order chi connectivity index (χ0) is 18.5. The SMILES string of the molecule is CC(C)N(C(=O)CSc1nnnn1-c1cccc(Cl)c1)C1CCCCC1. The van der Waals surface area contributed by atoms with E-state index in [-0.39, 0.29) is 11.9 Å². The molecule has 1 aromatic heterocycles. The molecular weight excluding hydrogens is 370 g/mol. The van der Waals surface area contributed by atoms with E-state index in [4.69, 9.17) is 11.6 Å². The van der Waals surface area contributed by atoms with E-state index in [2.05, 4.69) is 34.3 Å². The monoisotopic (exact) mass is 393 g/mol. The summed E-state index contributed by atoms with van der Waals surface area (Å²) in [5.74, 6) is 0.479. The normalized spacial score (nSPS) is 15.4. The van der Waals surface area contributed by atoms with E-state index in [1.807, 2.05) is 12.1 Å². The zero-order valence-corrected chi connectivity index (χ0v) is 16.7. The molecule has 2 aromatic rings. The molecule has 0 saturated heterocycles. The summed E-state index contributed by atoms with van der Waals surface area (Å²) in [6, 6.07) is 7.90. The molecule has 140 valence electrons. The maximum atomic E-state index is 12.9. The van der Waals surface area contributed by atoms with Gasteiger partial charge < -0.3 is 4.90 Å². The third-order valence-corrected chi connectivity index (χ3v) is 5.77. The first-order valence-corrected chi connectivity index (χ1v) is 10.4. The highest BCUT2D eigenvalue weighted by atomic mass is 35.5. The van der Waals surface area contributed by atoms with Crippen LogP contribution in [0.2, 0.25) is 5.02 Å². The Balaban J connectivity index is 1.68. The number of nitrogens with zero attached hydrogens (tertiary/aromatic N) is 5. The molecule has 1 amide bonds. The highest BCUT2D eigenvalue weighted by molar-refractivity contribution is 7.99. The van der Waals surface area contributed by atoms with Crippen molar-refractivity contribution in [1.29, 1.82) is 0 Å². The van der Waals surface area contributed by atoms with Crippen molar-refractivity contribution in [2.75, 3.05) is 5.75 Å². The molecule has 1 saturated carbocycles. The Morgan fingerprint density at radius 2 is 2.12 bits per heavy atom. The molecule has 1 aliphatic rings. The summed E-state index contributed by atoms with van der Waals surface area (Å²) >= 11 is 7.42. The minimum atomic E-state index is 0.151. The summed E-state index contributed by atoms with van der Waals surface area (Å²) in [6.45, 7) is 4.18. The van der Waals surface area contributed by atoms with E-state index in [9.17, 15) is 4.79 Å². The first-order chi connectivity index (χ1) is 12.6. The Kier molecular flexibility index (Phi) is 6.53. The second kappa shape index (κ2) is 8.86. The predicted octanol–water partition coefficient (Wildman–Crippen LogP) is 3.98. The Morgan fingerprint density at radius 1 is 1.35 bits per heavy atom. The summed E-state index contributed by atoms with van der Waals surface area (Å²) in [5, 5.41) is 13.0. The summed E-state index contributed by atoms with van der Waals surface area (Å²) in [5.41, 5.74) is 0.783. The van der Waals surface area contributed by atoms with Gasteiger partial charge in [-0.3, -0.25) is 4.79 Å². The van der Waals surface area contributed by atoms with Crippen molar-refractivity contribution in [2.24, 2.45) is 0 Å². The number of carbonyl (C=O) groups is 1. The molecule has 0 atom stereocenters. The van der Waals surface area contributed by atoms with Crippen LogP contribution in [-0.2, 0) is 4.79 Å². The molecule has 3 rings (SSSR count). The molecule has 0 spiro atoms. The molecule has 0 unspecified atom stereocenters. The van der Waals surface area contributed by atoms with Crippen molar-refractivity contribution in [2.45, 2.75) is 63.2 Å². The fourth-order valence-corrected chi connectivity index (χ4v) is 4.46. The van der Waals surface area contributed by atoms with Gasteiger partial charge in [0.1, 0.15) is 0 Å². The number of thioether (sulfide) groups is 1. The van der Waals surface area contributed by atoms with Crippen LogP contribution in [0.3, 0.4) is 0 Å². The summed E-state index contributed by atoms with van der Waals surface area (Å²) in [6.07, 6.45) is 5.91. The fourth-order valence-electron chi connectivity index (χ4n) is 3.51. The number of hydrogen-bond acceptors (Lipinski definition) is 5. The van der Waals surface area contributed by atoms with Gasteiger partial charge in [-0.1, -0.05) is 48.7 Å². The molecule has 0 aliphatic heterocycles. The fraction of sp³-hybridized carbons (Fsp3) is 0.556. The maximum Gasteiger partial charge on any atom is 0.233 e. The third kappa shape index (κ3) is 4.57. The second-order valence-electron chi connectivity index (χ2n) is 6.83. The predicted molar refractivity (Wildman–Crippen MR) is 104 cm³/mol. The molecule has 1 fully saturated rings. The number of amides is 1. The Morgan fingerprint density at radius 3 is 2.81 bits per heavy atom. The molecular formula is C18H24ClN5OS. The molecule has 1 aliphatic carbocycles. The van der Waals surface area contributed by atoms with Crippen LogP contribution in [0.4, 0.5) is 0 Å². The van der Waals surface area contributed by atoms with Crippen molar-refractivity contribution in [3.8, 4) is 5.69 Å². The molecule has 1 heterocycles. The van der Waals surface area contributed by atoms with E-state index >= 15 is 0 Å². The minimum Gasteiger partial charge on any atom is -0.337 e. The topological polar surface area (TPSA) is 63.9 Å². The van der Waals surface area contributed by atoms with E-state index in [1.54, 1.807) is 16.8 Å². The van der Waals surface area contributed by atoms with Gasteiger partial charge in [-0.25, -0.2) is 0 Å². The summed E-state index contributed by atoms with van der Waals surface area (Å²) in [4.78, 5) is 14.9. The average Bonchev–Trinajstić information content (AvgIpc) is 3.09. The van der Waals surface area contributed by atoms with Crippen LogP contribution >= 0.6 is 23.4 Å². The molecule has 1 aromatic carbocycles. The van der Waals surface area contributed by atoms with Crippen LogP contribution in [-0.4, -0.2) is 48.9 Å². The van der Waals surface area contributed by atoms with Crippen molar-refractivity contribution in [1.82, 2.24) is 25.1 Å². The van der Waals surface area contributed by atoms with Gasteiger partial charge in [0.25, 0.3) is 0 Å². The maximum absolute atomic E-state index is 12.9. The van der Waals surface area contributed by atoms with Crippen LogP contribution in [0.15, 0.2) is 29.4 Å². The first kappa shape index (κ1) is 19.2. The lowest BCUT2D eigenvalue weighted by atomic mass is 9.93. The lowest BCUT2D eigenvalue weighted by Gasteiger charge is -2.37. The van der Waals surface area contributed by atoms with Crippen LogP contribution in [0.5, 0.6) is 0 Å². The van der Waals surface area contributed by atoms with E-state index < -0.39 is 0 Å². The largest absolute Gasteiger partial charge is 0.337 e. The number of benzene rings is 1. The van der Waals surface area contributed by atoms with Crippen molar-refractivity contribution in [3.63, 3.8) is 0 Å². The number of hydrogen-bond donors (Lipinski definition) is 0. The number of halogens is 1. The lowest BCUT2D eigenvalue weighted by molar-refractivity contribution is -0.133. The van der Waals surface area contributed by atoms with Gasteiger partial charge in [-0.05, 0) is 55.3 Å². The molecule has 0 bridgehead atoms. The van der Waals surface area contributed by atoms with E-state index in [1.165, 1.54) is 31.0 Å². The quantitative estimate of drug-likeness (QED) is 0.694. The second-order valence-corrected chi connectivity index (χ2v) is 8.21. The van der Waals surface area contributed by atoms with Gasteiger partial charge in [-0.2, -0.15) is 4.68 Å². The van der Waals surface area contributed by atoms with Gasteiger partial charge >= 0.3 is 0 Å². The molecule has 8 heteroatoms. The van der Waals surface area contributed by atoms with Gasteiger partial charge in [-0.15, -0.1) is 5.10 Å². The van der Waals surface area contributed by atoms with Crippen LogP contribution in [0, 0.1) is 0 Å². The Hall–Kier alpha value is -1.60. The van der Waals surface area contributed by atoms with Gasteiger partial charge in [0.05, 0.1) is 11.4 Å². The molecule has 0 N–H and O–H groups in total. The molecule has 26 heavy (non-hydrogen) atoms. The number of tetrazole rings is 1. The zero-order valence-electron chi connectivity index (χ0n) is 15.1. The van der Waals surface area contributed by atoms with Gasteiger partial charge in [0.15, 0.2) is 0 Å². The Labute approximate surface area is 163 Å². The van der Waals surface area contributed by atoms with Crippen molar-refractivity contribution < 1.29 is 4.79 Å².